The van der Waals surface area contributed by atoms with Crippen LogP contribution in [0.5, 0.6) is 0 Å². The molecule has 1 nitrogen and oxygen atoms in total. The van der Waals surface area contributed by atoms with Crippen LogP contribution < -0.4 is 0 Å². The number of aliphatic hydroxyl groups is 1. The molecule has 1 N–H and O–H groups in total. The van der Waals surface area contributed by atoms with Gasteiger partial charge in [0.05, 0.1) is 5.60 Å². The van der Waals surface area contributed by atoms with Crippen molar-refractivity contribution in [1.82, 2.24) is 0 Å². The normalized spacial score (nSPS) is 26.6. The molecule has 0 aliphatic heterocycles. The van der Waals surface area contributed by atoms with Gasteiger partial charge in [0, 0.05) is 4.43 Å². The van der Waals surface area contributed by atoms with E-state index in [0.717, 1.165) is 17.3 Å². The molecule has 2 heteroatoms. The highest BCUT2D eigenvalue weighted by Gasteiger charge is 2.32. The fraction of sp³-hybridized carbons (Fsp3) is 1.00. The van der Waals surface area contributed by atoms with Gasteiger partial charge in [0.1, 0.15) is 0 Å². The first-order valence-electron chi connectivity index (χ1n) is 2.55. The van der Waals surface area contributed by atoms with Gasteiger partial charge in [-0.3, -0.25) is 0 Å². The van der Waals surface area contributed by atoms with Gasteiger partial charge in [0.25, 0.3) is 0 Å². The van der Waals surface area contributed by atoms with E-state index in [9.17, 15) is 5.11 Å². The Kier molecular flexibility index (Phi) is 1.58. The molecule has 0 spiro atoms. The highest BCUT2D eigenvalue weighted by atomic mass is 127. The smallest absolute Gasteiger partial charge is 0.0736 e. The van der Waals surface area contributed by atoms with Crippen molar-refractivity contribution in [3.05, 3.63) is 0 Å². The van der Waals surface area contributed by atoms with E-state index in [4.69, 9.17) is 0 Å². The molecule has 42 valence electrons. The Balaban J connectivity index is 2.29. The molecule has 1 aliphatic carbocycles. The second kappa shape index (κ2) is 1.90. The zero-order valence-corrected chi connectivity index (χ0v) is 6.31. The molecule has 0 atom stereocenters. The average molecular weight is 212 g/mol. The van der Waals surface area contributed by atoms with Crippen LogP contribution in [0.1, 0.15) is 19.3 Å². The van der Waals surface area contributed by atoms with Crippen LogP contribution in [-0.2, 0) is 0 Å². The van der Waals surface area contributed by atoms with Gasteiger partial charge < -0.3 is 5.11 Å². The predicted octanol–water partition coefficient (Wildman–Crippen LogP) is 1.34. The highest BCUT2D eigenvalue weighted by molar-refractivity contribution is 14.1. The molecular weight excluding hydrogens is 203 g/mol. The number of rotatable bonds is 1. The zero-order chi connectivity index (χ0) is 5.33. The molecule has 1 aliphatic rings. The molecule has 1 rings (SSSR count). The summed E-state index contributed by atoms with van der Waals surface area (Å²) in [7, 11) is 0. The molecule has 0 unspecified atom stereocenters. The van der Waals surface area contributed by atoms with Gasteiger partial charge >= 0.3 is 0 Å². The van der Waals surface area contributed by atoms with Crippen LogP contribution in [0.3, 0.4) is 0 Å². The number of halogens is 1. The Morgan fingerprint density at radius 1 is 1.57 bits per heavy atom. The Morgan fingerprint density at radius 2 is 2.14 bits per heavy atom. The summed E-state index contributed by atoms with van der Waals surface area (Å²) in [5, 5.41) is 9.21. The maximum Gasteiger partial charge on any atom is 0.0736 e. The number of hydrogen-bond donors (Lipinski definition) is 1. The molecule has 1 saturated carbocycles. The summed E-state index contributed by atoms with van der Waals surface area (Å²) in [6, 6.07) is 0. The molecule has 0 aromatic carbocycles. The van der Waals surface area contributed by atoms with E-state index >= 15 is 0 Å². The van der Waals surface area contributed by atoms with Crippen molar-refractivity contribution in [2.45, 2.75) is 24.9 Å². The summed E-state index contributed by atoms with van der Waals surface area (Å²) in [6.45, 7) is 0. The van der Waals surface area contributed by atoms with Crippen LogP contribution in [0.15, 0.2) is 0 Å². The molecular formula is C5H9IO. The standard InChI is InChI=1S/C5H9IO/c6-4-5(7)2-1-3-5/h7H,1-4H2. The number of alkyl halides is 1. The second-order valence-electron chi connectivity index (χ2n) is 2.21. The van der Waals surface area contributed by atoms with Gasteiger partial charge in [0.15, 0.2) is 0 Å². The summed E-state index contributed by atoms with van der Waals surface area (Å²) in [6.07, 6.45) is 3.27. The molecule has 0 saturated heterocycles. The third-order valence-electron chi connectivity index (χ3n) is 1.53. The van der Waals surface area contributed by atoms with Crippen LogP contribution in [0.4, 0.5) is 0 Å². The van der Waals surface area contributed by atoms with E-state index in [1.807, 2.05) is 0 Å². The van der Waals surface area contributed by atoms with Crippen molar-refractivity contribution in [1.29, 1.82) is 0 Å². The summed E-state index contributed by atoms with van der Waals surface area (Å²) in [4.78, 5) is 0. The van der Waals surface area contributed by atoms with Gasteiger partial charge in [-0.15, -0.1) is 0 Å². The monoisotopic (exact) mass is 212 g/mol. The first-order chi connectivity index (χ1) is 3.27. The molecule has 0 radical (unpaired) electrons. The van der Waals surface area contributed by atoms with Crippen molar-refractivity contribution in [2.75, 3.05) is 4.43 Å². The first-order valence-corrected chi connectivity index (χ1v) is 4.08. The SMILES string of the molecule is OC1(CI)CCC1. The van der Waals surface area contributed by atoms with Crippen LogP contribution in [0, 0.1) is 0 Å². The van der Waals surface area contributed by atoms with Crippen molar-refractivity contribution >= 4 is 22.6 Å². The van der Waals surface area contributed by atoms with E-state index in [1.54, 1.807) is 0 Å². The van der Waals surface area contributed by atoms with Crippen molar-refractivity contribution in [3.8, 4) is 0 Å². The summed E-state index contributed by atoms with van der Waals surface area (Å²) in [5.74, 6) is 0. The van der Waals surface area contributed by atoms with Crippen molar-refractivity contribution < 1.29 is 5.11 Å². The number of hydrogen-bond acceptors (Lipinski definition) is 1. The molecule has 7 heavy (non-hydrogen) atoms. The van der Waals surface area contributed by atoms with E-state index in [0.29, 0.717) is 0 Å². The molecule has 0 bridgehead atoms. The Morgan fingerprint density at radius 3 is 2.14 bits per heavy atom. The fourth-order valence-electron chi connectivity index (χ4n) is 0.719. The quantitative estimate of drug-likeness (QED) is 0.513. The average Bonchev–Trinajstić information content (AvgIpc) is 1.61. The zero-order valence-electron chi connectivity index (χ0n) is 4.15. The van der Waals surface area contributed by atoms with Crippen molar-refractivity contribution in [2.24, 2.45) is 0 Å². The third kappa shape index (κ3) is 1.08. The topological polar surface area (TPSA) is 20.2 Å². The maximum atomic E-state index is 9.21. The lowest BCUT2D eigenvalue weighted by atomic mass is 9.82. The van der Waals surface area contributed by atoms with Crippen LogP contribution >= 0.6 is 22.6 Å². The largest absolute Gasteiger partial charge is 0.389 e. The second-order valence-corrected chi connectivity index (χ2v) is 2.97. The molecule has 1 fully saturated rings. The van der Waals surface area contributed by atoms with E-state index in [-0.39, 0.29) is 5.60 Å². The third-order valence-corrected chi connectivity index (χ3v) is 2.95. The van der Waals surface area contributed by atoms with Gasteiger partial charge in [-0.1, -0.05) is 22.6 Å². The van der Waals surface area contributed by atoms with Crippen LogP contribution in [0.25, 0.3) is 0 Å². The maximum absolute atomic E-state index is 9.21. The highest BCUT2D eigenvalue weighted by Crippen LogP contribution is 2.32. The summed E-state index contributed by atoms with van der Waals surface area (Å²) >= 11 is 2.23. The van der Waals surface area contributed by atoms with Crippen LogP contribution in [0.2, 0.25) is 0 Å². The molecule has 0 amide bonds. The molecule has 0 aromatic rings. The van der Waals surface area contributed by atoms with Gasteiger partial charge in [-0.05, 0) is 19.3 Å². The minimum atomic E-state index is -0.249. The van der Waals surface area contributed by atoms with Crippen molar-refractivity contribution in [3.63, 3.8) is 0 Å². The summed E-state index contributed by atoms with van der Waals surface area (Å²) < 4.78 is 0.908. The minimum absolute atomic E-state index is 0.249. The van der Waals surface area contributed by atoms with E-state index < -0.39 is 0 Å². The first kappa shape index (κ1) is 5.82. The molecule has 0 heterocycles. The van der Waals surface area contributed by atoms with Gasteiger partial charge in [0.2, 0.25) is 0 Å². The van der Waals surface area contributed by atoms with Crippen LogP contribution in [-0.4, -0.2) is 15.1 Å². The predicted molar refractivity (Wildman–Crippen MR) is 37.7 cm³/mol. The minimum Gasteiger partial charge on any atom is -0.389 e. The Labute approximate surface area is 57.2 Å². The summed E-state index contributed by atoms with van der Waals surface area (Å²) in [5.41, 5.74) is -0.249. The lowest BCUT2D eigenvalue weighted by Gasteiger charge is -2.34. The van der Waals surface area contributed by atoms with Gasteiger partial charge in [-0.25, -0.2) is 0 Å². The van der Waals surface area contributed by atoms with E-state index in [2.05, 4.69) is 22.6 Å². The molecule has 0 aromatic heterocycles. The fourth-order valence-corrected chi connectivity index (χ4v) is 1.48. The van der Waals surface area contributed by atoms with Gasteiger partial charge in [-0.2, -0.15) is 0 Å². The lowest BCUT2D eigenvalue weighted by molar-refractivity contribution is -0.00710. The lowest BCUT2D eigenvalue weighted by Crippen LogP contribution is -2.38. The Hall–Kier alpha value is 0.690. The van der Waals surface area contributed by atoms with E-state index in [1.165, 1.54) is 6.42 Å². The Bertz CT molecular complexity index is 63.0.